The van der Waals surface area contributed by atoms with E-state index in [2.05, 4.69) is 5.32 Å². The highest BCUT2D eigenvalue weighted by Gasteiger charge is 2.33. The van der Waals surface area contributed by atoms with Crippen LogP contribution in [0.3, 0.4) is 0 Å². The summed E-state index contributed by atoms with van der Waals surface area (Å²) in [5.74, 6) is -2.30. The average Bonchev–Trinajstić information content (AvgIpc) is 2.85. The molecule has 7 heteroatoms. The van der Waals surface area contributed by atoms with Crippen molar-refractivity contribution in [2.75, 3.05) is 0 Å². The molecular weight excluding hydrogens is 324 g/mol. The zero-order valence-corrected chi connectivity index (χ0v) is 13.0. The number of hydrogen-bond donors (Lipinski definition) is 3. The van der Waals surface area contributed by atoms with Crippen molar-refractivity contribution in [1.29, 1.82) is 0 Å². The van der Waals surface area contributed by atoms with Crippen molar-refractivity contribution in [3.8, 4) is 5.75 Å². The number of phenols is 1. The summed E-state index contributed by atoms with van der Waals surface area (Å²) < 4.78 is 0. The smallest absolute Gasteiger partial charge is 0.339 e. The molecule has 0 aliphatic carbocycles. The molecule has 0 spiro atoms. The van der Waals surface area contributed by atoms with E-state index < -0.39 is 23.7 Å². The van der Waals surface area contributed by atoms with Crippen LogP contribution in [0.4, 0.5) is 4.79 Å². The lowest BCUT2D eigenvalue weighted by Crippen LogP contribution is -2.30. The van der Waals surface area contributed by atoms with Crippen LogP contribution >= 0.6 is 0 Å². The summed E-state index contributed by atoms with van der Waals surface area (Å²) in [4.78, 5) is 36.6. The van der Waals surface area contributed by atoms with Crippen molar-refractivity contribution < 1.29 is 24.6 Å². The van der Waals surface area contributed by atoms with Crippen LogP contribution in [0, 0.1) is 0 Å². The molecule has 1 heterocycles. The number of para-hydroxylation sites is 1. The van der Waals surface area contributed by atoms with Crippen LogP contribution in [-0.4, -0.2) is 33.0 Å². The molecule has 1 aliphatic heterocycles. The number of rotatable bonds is 4. The molecule has 0 radical (unpaired) electrons. The fraction of sp³-hybridized carbons (Fsp3) is 0.0556. The third-order valence-corrected chi connectivity index (χ3v) is 3.74. The van der Waals surface area contributed by atoms with Crippen LogP contribution in [0.2, 0.25) is 0 Å². The number of urea groups is 1. The van der Waals surface area contributed by atoms with E-state index in [0.717, 1.165) is 10.5 Å². The Balaban J connectivity index is 1.88. The number of aromatic carboxylic acids is 1. The summed E-state index contributed by atoms with van der Waals surface area (Å²) >= 11 is 0. The fourth-order valence-electron chi connectivity index (χ4n) is 2.49. The van der Waals surface area contributed by atoms with Gasteiger partial charge in [-0.15, -0.1) is 0 Å². The molecule has 0 unspecified atom stereocenters. The van der Waals surface area contributed by atoms with Crippen LogP contribution in [0.15, 0.2) is 54.2 Å². The van der Waals surface area contributed by atoms with E-state index in [1.165, 1.54) is 24.3 Å². The number of hydrogen-bond acceptors (Lipinski definition) is 4. The van der Waals surface area contributed by atoms with Crippen molar-refractivity contribution in [3.05, 3.63) is 70.9 Å². The summed E-state index contributed by atoms with van der Waals surface area (Å²) in [6.45, 7) is 0.115. The maximum absolute atomic E-state index is 12.4. The Morgan fingerprint density at radius 1 is 1.08 bits per heavy atom. The predicted octanol–water partition coefficient (Wildman–Crippen LogP) is 2.18. The predicted molar refractivity (Wildman–Crippen MR) is 88.6 cm³/mol. The molecule has 2 aromatic carbocycles. The largest absolute Gasteiger partial charge is 0.506 e. The first-order chi connectivity index (χ1) is 12.0. The van der Waals surface area contributed by atoms with Crippen LogP contribution in [0.1, 0.15) is 21.5 Å². The Hall–Kier alpha value is -3.61. The number of nitrogens with one attached hydrogen (secondary N) is 1. The number of amides is 3. The quantitative estimate of drug-likeness (QED) is 0.585. The third kappa shape index (κ3) is 3.20. The lowest BCUT2D eigenvalue weighted by Gasteiger charge is -2.11. The molecule has 0 atom stereocenters. The highest BCUT2D eigenvalue weighted by Crippen LogP contribution is 2.26. The molecule has 126 valence electrons. The highest BCUT2D eigenvalue weighted by atomic mass is 16.4. The van der Waals surface area contributed by atoms with E-state index in [1.807, 2.05) is 6.07 Å². The van der Waals surface area contributed by atoms with Gasteiger partial charge in [0, 0.05) is 5.56 Å². The number of imide groups is 1. The molecule has 1 aliphatic rings. The second-order valence-corrected chi connectivity index (χ2v) is 5.41. The van der Waals surface area contributed by atoms with Gasteiger partial charge in [0.1, 0.15) is 17.0 Å². The maximum atomic E-state index is 12.4. The summed E-state index contributed by atoms with van der Waals surface area (Å²) in [5.41, 5.74) is 0.610. The van der Waals surface area contributed by atoms with Gasteiger partial charge in [-0.2, -0.15) is 0 Å². The van der Waals surface area contributed by atoms with E-state index in [-0.39, 0.29) is 23.4 Å². The van der Waals surface area contributed by atoms with Gasteiger partial charge >= 0.3 is 12.0 Å². The van der Waals surface area contributed by atoms with Crippen molar-refractivity contribution in [3.63, 3.8) is 0 Å². The summed E-state index contributed by atoms with van der Waals surface area (Å²) in [7, 11) is 0. The summed E-state index contributed by atoms with van der Waals surface area (Å²) in [6, 6.07) is 12.6. The van der Waals surface area contributed by atoms with Gasteiger partial charge < -0.3 is 15.5 Å². The number of benzene rings is 2. The first kappa shape index (κ1) is 16.3. The van der Waals surface area contributed by atoms with Gasteiger partial charge in [0.05, 0.1) is 6.54 Å². The first-order valence-electron chi connectivity index (χ1n) is 7.41. The van der Waals surface area contributed by atoms with Gasteiger partial charge in [-0.05, 0) is 17.7 Å². The van der Waals surface area contributed by atoms with Crippen molar-refractivity contribution in [2.24, 2.45) is 0 Å². The van der Waals surface area contributed by atoms with E-state index in [0.29, 0.717) is 0 Å². The molecule has 0 saturated carbocycles. The second-order valence-electron chi connectivity index (χ2n) is 5.41. The minimum absolute atomic E-state index is 0.0289. The Kier molecular flexibility index (Phi) is 4.21. The van der Waals surface area contributed by atoms with Crippen molar-refractivity contribution >= 4 is 24.0 Å². The molecule has 7 nitrogen and oxygen atoms in total. The topological polar surface area (TPSA) is 107 Å². The van der Waals surface area contributed by atoms with Crippen LogP contribution in [0.25, 0.3) is 6.08 Å². The zero-order chi connectivity index (χ0) is 18.0. The second kappa shape index (κ2) is 6.48. The molecular formula is C18H14N2O5. The van der Waals surface area contributed by atoms with Gasteiger partial charge in [0.15, 0.2) is 0 Å². The van der Waals surface area contributed by atoms with Gasteiger partial charge in [-0.25, -0.2) is 9.59 Å². The fourth-order valence-corrected chi connectivity index (χ4v) is 2.49. The van der Waals surface area contributed by atoms with E-state index in [1.54, 1.807) is 24.3 Å². The summed E-state index contributed by atoms with van der Waals surface area (Å²) in [5, 5.41) is 21.5. The number of nitrogens with zero attached hydrogens (tertiary/aromatic N) is 1. The lowest BCUT2D eigenvalue weighted by atomic mass is 10.1. The summed E-state index contributed by atoms with van der Waals surface area (Å²) in [6.07, 6.45) is 1.26. The molecule has 2 aromatic rings. The Bertz CT molecular complexity index is 890. The number of carboxylic acid groups (broad SMARTS) is 1. The number of aromatic hydroxyl groups is 1. The minimum atomic E-state index is -1.29. The zero-order valence-electron chi connectivity index (χ0n) is 13.0. The van der Waals surface area contributed by atoms with Crippen LogP contribution < -0.4 is 5.32 Å². The van der Waals surface area contributed by atoms with E-state index in [4.69, 9.17) is 5.11 Å². The highest BCUT2D eigenvalue weighted by molar-refractivity contribution is 6.14. The monoisotopic (exact) mass is 338 g/mol. The van der Waals surface area contributed by atoms with E-state index in [9.17, 15) is 19.5 Å². The molecule has 3 amide bonds. The molecule has 1 fully saturated rings. The van der Waals surface area contributed by atoms with Gasteiger partial charge in [-0.1, -0.05) is 42.5 Å². The maximum Gasteiger partial charge on any atom is 0.339 e. The molecule has 3 N–H and O–H groups in total. The normalized spacial score (nSPS) is 15.5. The third-order valence-electron chi connectivity index (χ3n) is 3.74. The SMILES string of the molecule is O=C(O)c1cccc(C=C2NC(=O)N(Cc3ccccc3)C2=O)c1O. The minimum Gasteiger partial charge on any atom is -0.506 e. The van der Waals surface area contributed by atoms with Gasteiger partial charge in [0.2, 0.25) is 0 Å². The van der Waals surface area contributed by atoms with Crippen LogP contribution in [0.5, 0.6) is 5.75 Å². The average molecular weight is 338 g/mol. The Labute approximate surface area is 142 Å². The molecule has 1 saturated heterocycles. The molecule has 25 heavy (non-hydrogen) atoms. The van der Waals surface area contributed by atoms with Crippen molar-refractivity contribution in [1.82, 2.24) is 10.2 Å². The Morgan fingerprint density at radius 3 is 2.48 bits per heavy atom. The number of carbonyl (C=O) groups excluding carboxylic acids is 2. The van der Waals surface area contributed by atoms with E-state index >= 15 is 0 Å². The number of carbonyl (C=O) groups is 3. The molecule has 3 rings (SSSR count). The lowest BCUT2D eigenvalue weighted by molar-refractivity contribution is -0.123. The molecule has 0 aromatic heterocycles. The number of carboxylic acids is 1. The first-order valence-corrected chi connectivity index (χ1v) is 7.41. The van der Waals surface area contributed by atoms with Crippen LogP contribution in [-0.2, 0) is 11.3 Å². The standard InChI is InChI=1S/C18H14N2O5/c21-15-12(7-4-8-13(15)17(23)24)9-14-16(22)20(18(25)19-14)10-11-5-2-1-3-6-11/h1-9,21H,10H2,(H,19,25)(H,23,24). The Morgan fingerprint density at radius 2 is 1.80 bits per heavy atom. The van der Waals surface area contributed by atoms with Gasteiger partial charge in [0.25, 0.3) is 5.91 Å². The van der Waals surface area contributed by atoms with Gasteiger partial charge in [-0.3, -0.25) is 9.69 Å². The van der Waals surface area contributed by atoms with Crippen molar-refractivity contribution in [2.45, 2.75) is 6.54 Å². The molecule has 0 bridgehead atoms.